The van der Waals surface area contributed by atoms with Gasteiger partial charge < -0.3 is 10.6 Å². The Morgan fingerprint density at radius 1 is 1.35 bits per heavy atom. The first kappa shape index (κ1) is 14.5. The molecule has 2 aromatic rings. The largest absolute Gasteiger partial charge is 0.383 e. The molecule has 5 nitrogen and oxygen atoms in total. The molecule has 1 unspecified atom stereocenters. The van der Waals surface area contributed by atoms with Crippen molar-refractivity contribution in [2.75, 3.05) is 25.3 Å². The lowest BCUT2D eigenvalue weighted by Crippen LogP contribution is -2.16. The van der Waals surface area contributed by atoms with Crippen LogP contribution in [0.5, 0.6) is 0 Å². The fourth-order valence-electron chi connectivity index (χ4n) is 1.66. The summed E-state index contributed by atoms with van der Waals surface area (Å²) >= 11 is 1.43. The number of nitrogens with two attached hydrogens (primary N) is 1. The molecule has 20 heavy (non-hydrogen) atoms. The second kappa shape index (κ2) is 6.49. The first-order valence-corrected chi connectivity index (χ1v) is 7.20. The minimum Gasteiger partial charge on any atom is -0.383 e. The van der Waals surface area contributed by atoms with Crippen molar-refractivity contribution >= 4 is 28.5 Å². The van der Waals surface area contributed by atoms with Crippen molar-refractivity contribution in [3.63, 3.8) is 0 Å². The number of nitrogens with one attached hydrogen (secondary N) is 1. The number of nitrogens with zero attached hydrogens (tertiary/aromatic N) is 3. The van der Waals surface area contributed by atoms with E-state index in [1.54, 1.807) is 11.6 Å². The zero-order chi connectivity index (χ0) is 14.5. The van der Waals surface area contributed by atoms with Crippen molar-refractivity contribution in [2.45, 2.75) is 13.0 Å². The average molecular weight is 289 g/mol. The highest BCUT2D eigenvalue weighted by Gasteiger charge is 2.06. The van der Waals surface area contributed by atoms with Crippen LogP contribution in [0.2, 0.25) is 0 Å². The molecule has 1 aromatic heterocycles. The predicted molar refractivity (Wildman–Crippen MR) is 86.3 cm³/mol. The van der Waals surface area contributed by atoms with Gasteiger partial charge in [0.15, 0.2) is 0 Å². The second-order valence-electron chi connectivity index (χ2n) is 4.75. The van der Waals surface area contributed by atoms with E-state index in [-0.39, 0.29) is 0 Å². The predicted octanol–water partition coefficient (Wildman–Crippen LogP) is 2.79. The maximum absolute atomic E-state index is 5.53. The van der Waals surface area contributed by atoms with Gasteiger partial charge in [0.25, 0.3) is 0 Å². The summed E-state index contributed by atoms with van der Waals surface area (Å²) in [6, 6.07) is 8.74. The number of hydrogen-bond donors (Lipinski definition) is 2. The Balaban J connectivity index is 1.96. The highest BCUT2D eigenvalue weighted by atomic mass is 32.1. The van der Waals surface area contributed by atoms with E-state index in [4.69, 9.17) is 5.73 Å². The zero-order valence-corrected chi connectivity index (χ0v) is 12.7. The number of nitrogen functional groups attached to an aromatic ring is 1. The van der Waals surface area contributed by atoms with Crippen LogP contribution in [0.1, 0.15) is 24.1 Å². The smallest absolute Gasteiger partial charge is 0.205 e. The summed E-state index contributed by atoms with van der Waals surface area (Å²) in [5.74, 6) is 0.509. The molecule has 6 heteroatoms. The number of hydrazone groups is 1. The van der Waals surface area contributed by atoms with E-state index in [0.717, 1.165) is 5.56 Å². The summed E-state index contributed by atoms with van der Waals surface area (Å²) in [5, 5.41) is 6.61. The van der Waals surface area contributed by atoms with E-state index in [0.29, 0.717) is 17.0 Å². The molecule has 1 heterocycles. The molecule has 106 valence electrons. The molecule has 0 aliphatic heterocycles. The van der Waals surface area contributed by atoms with Crippen LogP contribution in [-0.2, 0) is 0 Å². The highest BCUT2D eigenvalue weighted by molar-refractivity contribution is 7.14. The van der Waals surface area contributed by atoms with Gasteiger partial charge in [-0.2, -0.15) is 5.10 Å². The molecule has 0 aliphatic carbocycles. The molecule has 1 atom stereocenters. The summed E-state index contributed by atoms with van der Waals surface area (Å²) in [7, 11) is 4.15. The van der Waals surface area contributed by atoms with E-state index >= 15 is 0 Å². The van der Waals surface area contributed by atoms with Crippen molar-refractivity contribution < 1.29 is 0 Å². The van der Waals surface area contributed by atoms with E-state index in [2.05, 4.69) is 65.7 Å². The molecular weight excluding hydrogens is 270 g/mol. The molecular formula is C14H19N5S. The maximum atomic E-state index is 5.53. The lowest BCUT2D eigenvalue weighted by Gasteiger charge is -2.20. The number of rotatable bonds is 5. The van der Waals surface area contributed by atoms with Crippen LogP contribution in [0, 0.1) is 0 Å². The number of thiazole rings is 1. The van der Waals surface area contributed by atoms with Crippen molar-refractivity contribution in [3.8, 4) is 0 Å². The van der Waals surface area contributed by atoms with Crippen molar-refractivity contribution in [2.24, 2.45) is 5.10 Å². The van der Waals surface area contributed by atoms with Gasteiger partial charge in [-0.1, -0.05) is 24.3 Å². The lowest BCUT2D eigenvalue weighted by molar-refractivity contribution is 0.321. The van der Waals surface area contributed by atoms with Gasteiger partial charge in [0.2, 0.25) is 5.13 Å². The van der Waals surface area contributed by atoms with Gasteiger partial charge in [-0.15, -0.1) is 11.3 Å². The second-order valence-corrected chi connectivity index (χ2v) is 5.61. The lowest BCUT2D eigenvalue weighted by atomic mass is 10.1. The molecule has 0 saturated carbocycles. The van der Waals surface area contributed by atoms with E-state index < -0.39 is 0 Å². The third-order valence-corrected chi connectivity index (χ3v) is 3.85. The molecule has 0 aliphatic rings. The standard InChI is InChI=1S/C14H19N5S/c1-10(19(2)3)12-6-4-11(5-7-12)8-16-18-14-17-13(15)9-20-14/h4-10H,15H2,1-3H3,(H,17,18). The molecule has 0 amide bonds. The Bertz CT molecular complexity index is 574. The average Bonchev–Trinajstić information content (AvgIpc) is 2.84. The number of anilines is 2. The number of hydrogen-bond acceptors (Lipinski definition) is 6. The molecule has 1 aromatic carbocycles. The first-order chi connectivity index (χ1) is 9.56. The molecule has 0 bridgehead atoms. The van der Waals surface area contributed by atoms with E-state index in [9.17, 15) is 0 Å². The van der Waals surface area contributed by atoms with E-state index in [1.807, 2.05) is 0 Å². The van der Waals surface area contributed by atoms with Gasteiger partial charge in [-0.05, 0) is 32.1 Å². The van der Waals surface area contributed by atoms with Gasteiger partial charge in [0.05, 0.1) is 6.21 Å². The fraction of sp³-hybridized carbons (Fsp3) is 0.286. The van der Waals surface area contributed by atoms with Crippen LogP contribution < -0.4 is 11.2 Å². The topological polar surface area (TPSA) is 66.5 Å². The third-order valence-electron chi connectivity index (χ3n) is 3.09. The zero-order valence-electron chi connectivity index (χ0n) is 11.9. The fourth-order valence-corrected chi connectivity index (χ4v) is 2.21. The van der Waals surface area contributed by atoms with Crippen molar-refractivity contribution in [1.82, 2.24) is 9.88 Å². The summed E-state index contributed by atoms with van der Waals surface area (Å²) < 4.78 is 0. The first-order valence-electron chi connectivity index (χ1n) is 6.32. The van der Waals surface area contributed by atoms with Crippen LogP contribution in [0.3, 0.4) is 0 Å². The van der Waals surface area contributed by atoms with Gasteiger partial charge in [-0.3, -0.25) is 5.43 Å². The Morgan fingerprint density at radius 3 is 2.60 bits per heavy atom. The summed E-state index contributed by atoms with van der Waals surface area (Å²) in [4.78, 5) is 6.24. The van der Waals surface area contributed by atoms with Crippen LogP contribution in [-0.4, -0.2) is 30.2 Å². The third kappa shape index (κ3) is 3.79. The van der Waals surface area contributed by atoms with Gasteiger partial charge in [0, 0.05) is 11.4 Å². The van der Waals surface area contributed by atoms with Crippen molar-refractivity contribution in [1.29, 1.82) is 0 Å². The Kier molecular flexibility index (Phi) is 4.70. The normalized spacial score (nSPS) is 13.0. The number of aromatic nitrogens is 1. The van der Waals surface area contributed by atoms with Gasteiger partial charge in [0.1, 0.15) is 5.82 Å². The van der Waals surface area contributed by atoms with Crippen LogP contribution >= 0.6 is 11.3 Å². The highest BCUT2D eigenvalue weighted by Crippen LogP contribution is 2.18. The van der Waals surface area contributed by atoms with Gasteiger partial charge >= 0.3 is 0 Å². The van der Waals surface area contributed by atoms with Crippen LogP contribution in [0.25, 0.3) is 0 Å². The molecule has 0 saturated heterocycles. The summed E-state index contributed by atoms with van der Waals surface area (Å²) in [6.45, 7) is 2.18. The minimum absolute atomic E-state index is 0.400. The van der Waals surface area contributed by atoms with E-state index in [1.165, 1.54) is 16.9 Å². The number of benzene rings is 1. The Labute approximate surface area is 123 Å². The van der Waals surface area contributed by atoms with Crippen LogP contribution in [0.4, 0.5) is 10.9 Å². The molecule has 0 fully saturated rings. The molecule has 2 rings (SSSR count). The molecule has 0 radical (unpaired) electrons. The minimum atomic E-state index is 0.400. The summed E-state index contributed by atoms with van der Waals surface area (Å²) in [5.41, 5.74) is 10.7. The van der Waals surface area contributed by atoms with Crippen molar-refractivity contribution in [3.05, 3.63) is 40.8 Å². The van der Waals surface area contributed by atoms with Gasteiger partial charge in [-0.25, -0.2) is 4.98 Å². The quantitative estimate of drug-likeness (QED) is 0.656. The Hall–Kier alpha value is -1.92. The maximum Gasteiger partial charge on any atom is 0.205 e. The molecule has 0 spiro atoms. The molecule has 3 N–H and O–H groups in total. The monoisotopic (exact) mass is 289 g/mol. The van der Waals surface area contributed by atoms with Crippen LogP contribution in [0.15, 0.2) is 34.7 Å². The Morgan fingerprint density at radius 2 is 2.05 bits per heavy atom. The summed E-state index contributed by atoms with van der Waals surface area (Å²) in [6.07, 6.45) is 1.77. The SMILES string of the molecule is CC(c1ccc(C=NNc2nc(N)cs2)cc1)N(C)C.